The largest absolute Gasteiger partial charge is 0.486 e. The molecule has 1 aliphatic rings. The molecule has 5 nitrogen and oxygen atoms in total. The molecule has 2 atom stereocenters. The lowest BCUT2D eigenvalue weighted by Crippen LogP contribution is -2.48. The highest BCUT2D eigenvalue weighted by molar-refractivity contribution is 5.89. The first-order chi connectivity index (χ1) is 11.6. The van der Waals surface area contributed by atoms with Crippen molar-refractivity contribution >= 4 is 16.7 Å². The zero-order valence-corrected chi connectivity index (χ0v) is 15.4. The first-order valence-electron chi connectivity index (χ1n) is 8.69. The Hall–Kier alpha value is -2.14. The number of fused-ring (bicyclic) bond motifs is 3. The number of aromatic nitrogens is 1. The molecule has 2 aromatic rings. The summed E-state index contributed by atoms with van der Waals surface area (Å²) in [6.07, 6.45) is 2.23. The highest BCUT2D eigenvalue weighted by Gasteiger charge is 2.37. The fraction of sp³-hybridized carbons (Fsp3) is 0.500. The van der Waals surface area contributed by atoms with Crippen molar-refractivity contribution in [3.8, 4) is 5.75 Å². The standard InChI is InChI=1S/C20H25NO4/c1-11(2)17(19(22)23)21-10-15-13(8-12(21)3)6-7-14-9-16(20(4,5)24)25-18(14)15/h6-8,10-11,16-17,24H,9H2,1-5H3/p+1/t16-,17+/m1/s1. The van der Waals surface area contributed by atoms with Gasteiger partial charge in [0.25, 0.3) is 6.04 Å². The first-order valence-corrected chi connectivity index (χ1v) is 8.69. The van der Waals surface area contributed by atoms with E-state index in [-0.39, 0.29) is 12.0 Å². The number of carbonyl (C=O) groups is 1. The average molecular weight is 344 g/mol. The molecule has 0 unspecified atom stereocenters. The van der Waals surface area contributed by atoms with Crippen LogP contribution in [0.2, 0.25) is 0 Å². The van der Waals surface area contributed by atoms with Gasteiger partial charge in [0.05, 0.1) is 11.0 Å². The van der Waals surface area contributed by atoms with Crippen LogP contribution >= 0.6 is 0 Å². The lowest BCUT2D eigenvalue weighted by molar-refractivity contribution is -0.720. The quantitative estimate of drug-likeness (QED) is 0.837. The van der Waals surface area contributed by atoms with Gasteiger partial charge in [-0.3, -0.25) is 0 Å². The molecule has 1 aliphatic heterocycles. The second-order valence-electron chi connectivity index (χ2n) is 7.87. The van der Waals surface area contributed by atoms with E-state index in [1.54, 1.807) is 13.8 Å². The number of aliphatic carboxylic acids is 1. The third kappa shape index (κ3) is 3.09. The van der Waals surface area contributed by atoms with Crippen LogP contribution in [0.15, 0.2) is 24.4 Å². The van der Waals surface area contributed by atoms with Gasteiger partial charge < -0.3 is 14.9 Å². The van der Waals surface area contributed by atoms with Gasteiger partial charge in [0, 0.05) is 25.3 Å². The van der Waals surface area contributed by atoms with Crippen LogP contribution in [0.4, 0.5) is 0 Å². The van der Waals surface area contributed by atoms with E-state index >= 15 is 0 Å². The molecule has 5 heteroatoms. The van der Waals surface area contributed by atoms with Crippen molar-refractivity contribution in [1.82, 2.24) is 0 Å². The fourth-order valence-electron chi connectivity index (χ4n) is 3.56. The van der Waals surface area contributed by atoms with E-state index in [9.17, 15) is 15.0 Å². The van der Waals surface area contributed by atoms with Crippen LogP contribution in [0.3, 0.4) is 0 Å². The second-order valence-corrected chi connectivity index (χ2v) is 7.87. The van der Waals surface area contributed by atoms with Gasteiger partial charge in [-0.25, -0.2) is 4.79 Å². The van der Waals surface area contributed by atoms with Crippen LogP contribution in [0.5, 0.6) is 5.75 Å². The zero-order valence-electron chi connectivity index (χ0n) is 15.4. The smallest absolute Gasteiger partial charge is 0.373 e. The summed E-state index contributed by atoms with van der Waals surface area (Å²) in [6, 6.07) is 5.43. The Morgan fingerprint density at radius 3 is 2.60 bits per heavy atom. The minimum absolute atomic E-state index is 0.0412. The summed E-state index contributed by atoms with van der Waals surface area (Å²) >= 11 is 0. The maximum atomic E-state index is 11.8. The second kappa shape index (κ2) is 5.99. The normalized spacial score (nSPS) is 18.3. The maximum Gasteiger partial charge on any atom is 0.373 e. The summed E-state index contributed by atoms with van der Waals surface area (Å²) in [5.74, 6) is -0.128. The number of ether oxygens (including phenoxy) is 1. The molecule has 0 fully saturated rings. The van der Waals surface area contributed by atoms with Crippen molar-refractivity contribution < 1.29 is 24.3 Å². The van der Waals surface area contributed by atoms with E-state index in [1.807, 2.05) is 49.7 Å². The van der Waals surface area contributed by atoms with Crippen molar-refractivity contribution in [2.24, 2.45) is 5.92 Å². The first kappa shape index (κ1) is 17.7. The van der Waals surface area contributed by atoms with Crippen LogP contribution in [0, 0.1) is 12.8 Å². The van der Waals surface area contributed by atoms with Gasteiger partial charge in [-0.1, -0.05) is 26.0 Å². The number of aryl methyl sites for hydroxylation is 1. The molecule has 0 amide bonds. The van der Waals surface area contributed by atoms with Crippen molar-refractivity contribution in [3.63, 3.8) is 0 Å². The Kier molecular flexibility index (Phi) is 4.23. The number of hydrogen-bond acceptors (Lipinski definition) is 3. The summed E-state index contributed by atoms with van der Waals surface area (Å²) in [5.41, 5.74) is 1.00. The molecule has 134 valence electrons. The number of carboxylic acids is 1. The lowest BCUT2D eigenvalue weighted by Gasteiger charge is -2.24. The maximum absolute atomic E-state index is 11.8. The number of pyridine rings is 1. The molecule has 2 heterocycles. The Balaban J connectivity index is 2.16. The number of carboxylic acid groups (broad SMARTS) is 1. The van der Waals surface area contributed by atoms with Gasteiger partial charge in [-0.15, -0.1) is 0 Å². The summed E-state index contributed by atoms with van der Waals surface area (Å²) in [7, 11) is 0. The van der Waals surface area contributed by atoms with Crippen LogP contribution in [0.25, 0.3) is 10.8 Å². The number of hydrogen-bond donors (Lipinski definition) is 2. The van der Waals surface area contributed by atoms with Gasteiger partial charge in [-0.05, 0) is 24.8 Å². The number of benzene rings is 1. The van der Waals surface area contributed by atoms with Gasteiger partial charge in [-0.2, -0.15) is 4.57 Å². The van der Waals surface area contributed by atoms with Crippen molar-refractivity contribution in [2.45, 2.75) is 58.8 Å². The molecule has 3 rings (SSSR count). The molecular formula is C20H26NO4+. The van der Waals surface area contributed by atoms with E-state index in [2.05, 4.69) is 0 Å². The van der Waals surface area contributed by atoms with E-state index in [0.29, 0.717) is 6.42 Å². The van der Waals surface area contributed by atoms with Gasteiger partial charge in [0.15, 0.2) is 11.9 Å². The molecular weight excluding hydrogens is 318 g/mol. The molecule has 0 aliphatic carbocycles. The van der Waals surface area contributed by atoms with Crippen LogP contribution in [-0.4, -0.2) is 27.9 Å². The number of rotatable bonds is 4. The van der Waals surface area contributed by atoms with E-state index in [4.69, 9.17) is 4.74 Å². The average Bonchev–Trinajstić information content (AvgIpc) is 2.92. The molecule has 1 aromatic heterocycles. The fourth-order valence-corrected chi connectivity index (χ4v) is 3.56. The summed E-state index contributed by atoms with van der Waals surface area (Å²) in [4.78, 5) is 11.8. The molecule has 1 aromatic carbocycles. The Labute approximate surface area is 147 Å². The van der Waals surface area contributed by atoms with E-state index in [0.717, 1.165) is 27.8 Å². The van der Waals surface area contributed by atoms with Crippen LogP contribution in [0.1, 0.15) is 45.0 Å². The Morgan fingerprint density at radius 1 is 1.36 bits per heavy atom. The molecule has 0 radical (unpaired) electrons. The SMILES string of the molecule is Cc1cc2ccc3c(c2c[n+]1[C@H](C(=O)O)C(C)C)O[C@@H](C(C)(C)O)C3. The van der Waals surface area contributed by atoms with Crippen LogP contribution < -0.4 is 9.30 Å². The third-order valence-corrected chi connectivity index (χ3v) is 4.99. The number of nitrogens with zero attached hydrogens (tertiary/aromatic N) is 1. The predicted molar refractivity (Wildman–Crippen MR) is 94.8 cm³/mol. The molecule has 25 heavy (non-hydrogen) atoms. The predicted octanol–water partition coefficient (Wildman–Crippen LogP) is 2.79. The molecule has 0 bridgehead atoms. The van der Waals surface area contributed by atoms with Gasteiger partial charge >= 0.3 is 5.97 Å². The third-order valence-electron chi connectivity index (χ3n) is 4.99. The van der Waals surface area contributed by atoms with E-state index < -0.39 is 17.6 Å². The van der Waals surface area contributed by atoms with Gasteiger partial charge in [0.2, 0.25) is 0 Å². The summed E-state index contributed by atoms with van der Waals surface area (Å²) in [5, 5.41) is 21.8. The van der Waals surface area contributed by atoms with Crippen molar-refractivity contribution in [2.75, 3.05) is 0 Å². The molecule has 0 spiro atoms. The van der Waals surface area contributed by atoms with Crippen LogP contribution in [-0.2, 0) is 11.2 Å². The number of aliphatic hydroxyl groups is 1. The minimum atomic E-state index is -0.937. The molecule has 2 N–H and O–H groups in total. The Morgan fingerprint density at radius 2 is 2.04 bits per heavy atom. The monoisotopic (exact) mass is 344 g/mol. The highest BCUT2D eigenvalue weighted by Crippen LogP contribution is 2.38. The molecule has 0 saturated carbocycles. The van der Waals surface area contributed by atoms with Gasteiger partial charge in [0.1, 0.15) is 11.9 Å². The lowest BCUT2D eigenvalue weighted by atomic mass is 9.96. The Bertz CT molecular complexity index is 836. The minimum Gasteiger partial charge on any atom is -0.486 e. The zero-order chi connectivity index (χ0) is 18.5. The van der Waals surface area contributed by atoms with Crippen molar-refractivity contribution in [1.29, 1.82) is 0 Å². The topological polar surface area (TPSA) is 70.6 Å². The van der Waals surface area contributed by atoms with E-state index in [1.165, 1.54) is 0 Å². The highest BCUT2D eigenvalue weighted by atomic mass is 16.5. The van der Waals surface area contributed by atoms with Crippen molar-refractivity contribution in [3.05, 3.63) is 35.7 Å². The summed E-state index contributed by atoms with van der Waals surface area (Å²) in [6.45, 7) is 9.23. The molecule has 0 saturated heterocycles. The summed E-state index contributed by atoms with van der Waals surface area (Å²) < 4.78 is 7.89.